The second-order valence-corrected chi connectivity index (χ2v) is 10.2. The van der Waals surface area contributed by atoms with E-state index in [-0.39, 0.29) is 6.04 Å². The predicted molar refractivity (Wildman–Crippen MR) is 159 cm³/mol. The van der Waals surface area contributed by atoms with E-state index < -0.39 is 0 Å². The lowest BCUT2D eigenvalue weighted by molar-refractivity contribution is -0.129. The van der Waals surface area contributed by atoms with Gasteiger partial charge in [0.2, 0.25) is 6.41 Å². The number of methoxy groups -OCH3 is 2. The van der Waals surface area contributed by atoms with E-state index >= 15 is 0 Å². The Morgan fingerprint density at radius 1 is 0.829 bits per heavy atom. The van der Waals surface area contributed by atoms with Crippen LogP contribution >= 0.6 is 0 Å². The molecule has 1 atom stereocenters. The zero-order valence-electron chi connectivity index (χ0n) is 23.9. The van der Waals surface area contributed by atoms with E-state index in [0.717, 1.165) is 47.0 Å². The molecule has 6 rings (SSSR count). The molecule has 0 aliphatic carbocycles. The van der Waals surface area contributed by atoms with Crippen molar-refractivity contribution in [2.75, 3.05) is 20.8 Å². The first-order valence-electron chi connectivity index (χ1n) is 13.6. The SMILES string of the molecule is COc1cc2c(cc1OC)[C@H](Cc1cn(C)c3ccccc13)N(C=O)CC2.Cn1cc(COC=O)c2ccccc21. The molecule has 3 heterocycles. The van der Waals surface area contributed by atoms with E-state index in [9.17, 15) is 9.59 Å². The average Bonchev–Trinajstić information content (AvgIpc) is 3.51. The Kier molecular flexibility index (Phi) is 8.29. The van der Waals surface area contributed by atoms with Crippen molar-refractivity contribution in [3.05, 3.63) is 95.3 Å². The number of benzene rings is 3. The fraction of sp³-hybridized carbons (Fsp3) is 0.273. The molecule has 0 bridgehead atoms. The van der Waals surface area contributed by atoms with E-state index in [1.165, 1.54) is 22.0 Å². The smallest absolute Gasteiger partial charge is 0.293 e. The summed E-state index contributed by atoms with van der Waals surface area (Å²) in [5, 5.41) is 2.37. The molecule has 0 saturated heterocycles. The van der Waals surface area contributed by atoms with Gasteiger partial charge in [-0.3, -0.25) is 9.59 Å². The van der Waals surface area contributed by atoms with Gasteiger partial charge in [-0.15, -0.1) is 0 Å². The Hall–Kier alpha value is -4.72. The highest BCUT2D eigenvalue weighted by molar-refractivity contribution is 5.84. The monoisotopic (exact) mass is 553 g/mol. The zero-order valence-corrected chi connectivity index (χ0v) is 23.9. The Morgan fingerprint density at radius 2 is 1.41 bits per heavy atom. The third-order valence-corrected chi connectivity index (χ3v) is 7.86. The van der Waals surface area contributed by atoms with Gasteiger partial charge in [0.15, 0.2) is 11.5 Å². The number of hydrogen-bond donors (Lipinski definition) is 0. The van der Waals surface area contributed by atoms with Crippen molar-refractivity contribution in [1.29, 1.82) is 0 Å². The van der Waals surface area contributed by atoms with Gasteiger partial charge in [0.25, 0.3) is 6.47 Å². The van der Waals surface area contributed by atoms with Gasteiger partial charge in [-0.2, -0.15) is 0 Å². The third kappa shape index (κ3) is 5.50. The maximum absolute atomic E-state index is 11.8. The average molecular weight is 554 g/mol. The molecule has 212 valence electrons. The van der Waals surface area contributed by atoms with Crippen LogP contribution in [0.15, 0.2) is 73.1 Å². The second kappa shape index (κ2) is 12.2. The lowest BCUT2D eigenvalue weighted by Gasteiger charge is -2.35. The van der Waals surface area contributed by atoms with Crippen LogP contribution in [0.25, 0.3) is 21.8 Å². The van der Waals surface area contributed by atoms with Crippen LogP contribution in [0, 0.1) is 0 Å². The van der Waals surface area contributed by atoms with Gasteiger partial charge < -0.3 is 28.2 Å². The minimum Gasteiger partial charge on any atom is -0.493 e. The first-order valence-corrected chi connectivity index (χ1v) is 13.6. The lowest BCUT2D eigenvalue weighted by atomic mass is 9.88. The number of aromatic nitrogens is 2. The van der Waals surface area contributed by atoms with Crippen molar-refractivity contribution >= 4 is 34.7 Å². The molecule has 1 amide bonds. The van der Waals surface area contributed by atoms with E-state index in [0.29, 0.717) is 25.4 Å². The topological polar surface area (TPSA) is 74.9 Å². The Balaban J connectivity index is 0.000000202. The number of carbonyl (C=O) groups is 2. The maximum atomic E-state index is 11.8. The molecular weight excluding hydrogens is 518 g/mol. The van der Waals surface area contributed by atoms with Crippen LogP contribution in [0.2, 0.25) is 0 Å². The number of nitrogens with zero attached hydrogens (tertiary/aromatic N) is 3. The summed E-state index contributed by atoms with van der Waals surface area (Å²) in [7, 11) is 7.33. The number of amides is 1. The number of carbonyl (C=O) groups excluding carboxylic acids is 2. The molecule has 0 spiro atoms. The summed E-state index contributed by atoms with van der Waals surface area (Å²) < 4.78 is 19.9. The largest absolute Gasteiger partial charge is 0.493 e. The van der Waals surface area contributed by atoms with Gasteiger partial charge in [0, 0.05) is 60.4 Å². The van der Waals surface area contributed by atoms with E-state index in [4.69, 9.17) is 14.2 Å². The van der Waals surface area contributed by atoms with E-state index in [2.05, 4.69) is 42.1 Å². The highest BCUT2D eigenvalue weighted by Gasteiger charge is 2.29. The summed E-state index contributed by atoms with van der Waals surface area (Å²) in [6, 6.07) is 20.5. The van der Waals surface area contributed by atoms with Gasteiger partial charge in [-0.25, -0.2) is 0 Å². The number of ether oxygens (including phenoxy) is 3. The Bertz CT molecular complexity index is 1690. The van der Waals surface area contributed by atoms with Crippen molar-refractivity contribution < 1.29 is 23.8 Å². The molecule has 1 aliphatic rings. The highest BCUT2D eigenvalue weighted by Crippen LogP contribution is 2.39. The zero-order chi connectivity index (χ0) is 28.9. The van der Waals surface area contributed by atoms with Crippen LogP contribution in [-0.2, 0) is 47.9 Å². The Morgan fingerprint density at radius 3 is 2.02 bits per heavy atom. The standard InChI is InChI=1S/C22H24N2O3.C11H11NO2/c1-23-13-16(17-6-4-5-7-19(17)23)10-20-18-12-22(27-3)21(26-2)11-15(18)8-9-24(20)14-25;1-12-6-9(7-14-8-13)10-4-2-3-5-11(10)12/h4-7,11-14,20H,8-10H2,1-3H3;2-6,8H,7H2,1H3/t20-;/m0./s1. The van der Waals surface area contributed by atoms with Gasteiger partial charge in [0.1, 0.15) is 6.61 Å². The molecule has 0 saturated carbocycles. The second-order valence-electron chi connectivity index (χ2n) is 10.2. The van der Waals surface area contributed by atoms with Crippen LogP contribution in [0.1, 0.15) is 28.3 Å². The summed E-state index contributed by atoms with van der Waals surface area (Å²) in [4.78, 5) is 23.8. The molecule has 0 fully saturated rings. The van der Waals surface area contributed by atoms with Crippen molar-refractivity contribution in [3.8, 4) is 11.5 Å². The molecule has 1 aliphatic heterocycles. The summed E-state index contributed by atoms with van der Waals surface area (Å²) in [5.41, 5.74) is 6.99. The lowest BCUT2D eigenvalue weighted by Crippen LogP contribution is -2.35. The van der Waals surface area contributed by atoms with Crippen LogP contribution in [0.3, 0.4) is 0 Å². The summed E-state index contributed by atoms with van der Waals surface area (Å²) in [5.74, 6) is 1.44. The van der Waals surface area contributed by atoms with Crippen molar-refractivity contribution in [1.82, 2.24) is 14.0 Å². The highest BCUT2D eigenvalue weighted by atomic mass is 16.5. The molecule has 8 heteroatoms. The van der Waals surface area contributed by atoms with Crippen LogP contribution in [-0.4, -0.2) is 47.7 Å². The summed E-state index contributed by atoms with van der Waals surface area (Å²) in [6.45, 7) is 1.52. The van der Waals surface area contributed by atoms with Crippen LogP contribution in [0.5, 0.6) is 11.5 Å². The first-order chi connectivity index (χ1) is 20.0. The maximum Gasteiger partial charge on any atom is 0.293 e. The molecule has 0 N–H and O–H groups in total. The molecule has 41 heavy (non-hydrogen) atoms. The normalized spacial score (nSPS) is 14.2. The first kappa shape index (κ1) is 27.8. The van der Waals surface area contributed by atoms with Gasteiger partial charge in [0.05, 0.1) is 20.3 Å². The number of para-hydroxylation sites is 2. The molecule has 2 aromatic heterocycles. The summed E-state index contributed by atoms with van der Waals surface area (Å²) in [6.07, 6.45) is 6.70. The van der Waals surface area contributed by atoms with Gasteiger partial charge in [-0.05, 0) is 53.8 Å². The van der Waals surface area contributed by atoms with Gasteiger partial charge in [-0.1, -0.05) is 36.4 Å². The van der Waals surface area contributed by atoms with Crippen LogP contribution < -0.4 is 9.47 Å². The minimum absolute atomic E-state index is 0.0168. The van der Waals surface area contributed by atoms with E-state index in [1.54, 1.807) is 14.2 Å². The number of fused-ring (bicyclic) bond motifs is 3. The minimum atomic E-state index is -0.0168. The Labute approximate surface area is 239 Å². The quantitative estimate of drug-likeness (QED) is 0.242. The molecule has 0 unspecified atom stereocenters. The molecule has 3 aromatic carbocycles. The number of hydrogen-bond acceptors (Lipinski definition) is 5. The third-order valence-electron chi connectivity index (χ3n) is 7.86. The molecule has 8 nitrogen and oxygen atoms in total. The fourth-order valence-corrected chi connectivity index (χ4v) is 5.86. The van der Waals surface area contributed by atoms with Crippen molar-refractivity contribution in [2.45, 2.75) is 25.5 Å². The number of aryl methyl sites for hydroxylation is 2. The number of rotatable bonds is 8. The van der Waals surface area contributed by atoms with Crippen molar-refractivity contribution in [3.63, 3.8) is 0 Å². The van der Waals surface area contributed by atoms with Crippen molar-refractivity contribution in [2.24, 2.45) is 14.1 Å². The van der Waals surface area contributed by atoms with E-state index in [1.807, 2.05) is 59.1 Å². The molecular formula is C33H35N3O5. The predicted octanol–water partition coefficient (Wildman–Crippen LogP) is 5.35. The fourth-order valence-electron chi connectivity index (χ4n) is 5.86. The summed E-state index contributed by atoms with van der Waals surface area (Å²) >= 11 is 0. The molecule has 5 aromatic rings. The van der Waals surface area contributed by atoms with Crippen LogP contribution in [0.4, 0.5) is 0 Å². The molecule has 0 radical (unpaired) electrons. The van der Waals surface area contributed by atoms with Gasteiger partial charge >= 0.3 is 0 Å².